The molecule has 1 aromatic carbocycles. The number of thioether (sulfide) groups is 1. The molecule has 1 heterocycles. The number of hydrogen-bond acceptors (Lipinski definition) is 5. The number of halogens is 1. The van der Waals surface area contributed by atoms with Crippen molar-refractivity contribution in [1.29, 1.82) is 0 Å². The third-order valence-corrected chi connectivity index (χ3v) is 5.75. The van der Waals surface area contributed by atoms with E-state index in [1.807, 2.05) is 31.2 Å². The van der Waals surface area contributed by atoms with Crippen molar-refractivity contribution in [2.75, 3.05) is 17.7 Å². The minimum atomic E-state index is -0.343. The number of carbonyl (C=O) groups excluding carboxylic acids is 2. The average molecular weight is 398 g/mol. The number of ether oxygens (including phenoxy) is 1. The number of rotatable bonds is 8. The number of thiophene rings is 1. The highest BCUT2D eigenvalue weighted by Gasteiger charge is 2.15. The summed E-state index contributed by atoms with van der Waals surface area (Å²) in [5.41, 5.74) is 0.817. The number of hydrogen-bond donors (Lipinski definition) is 1. The van der Waals surface area contributed by atoms with Crippen LogP contribution in [0.1, 0.15) is 35.0 Å². The van der Waals surface area contributed by atoms with Crippen molar-refractivity contribution >= 4 is 51.6 Å². The Morgan fingerprint density at radius 1 is 1.28 bits per heavy atom. The molecule has 2 rings (SSSR count). The summed E-state index contributed by atoms with van der Waals surface area (Å²) >= 11 is 8.80. The van der Waals surface area contributed by atoms with Gasteiger partial charge >= 0.3 is 5.97 Å². The van der Waals surface area contributed by atoms with Crippen molar-refractivity contribution in [2.45, 2.75) is 31.6 Å². The van der Waals surface area contributed by atoms with Crippen molar-refractivity contribution in [1.82, 2.24) is 0 Å². The van der Waals surface area contributed by atoms with Crippen LogP contribution in [0.2, 0.25) is 5.02 Å². The third-order valence-electron chi connectivity index (χ3n) is 3.27. The Morgan fingerprint density at radius 2 is 2.00 bits per heavy atom. The molecule has 0 fully saturated rings. The average Bonchev–Trinajstić information content (AvgIpc) is 2.94. The molecule has 1 amide bonds. The lowest BCUT2D eigenvalue weighted by Gasteiger charge is -2.03. The standard InChI is InChI=1S/C18H20ClNO3S2/c1-3-23-18(22)17-12(2)11-16(25-17)20-15(21)5-4-10-24-14-8-6-13(19)7-9-14/h6-9,11H,3-5,10H2,1-2H3,(H,20,21). The SMILES string of the molecule is CCOC(=O)c1sc(NC(=O)CCCSc2ccc(Cl)cc2)cc1C. The van der Waals surface area contributed by atoms with Crippen molar-refractivity contribution in [3.05, 3.63) is 45.8 Å². The van der Waals surface area contributed by atoms with Crippen LogP contribution in [0.5, 0.6) is 0 Å². The summed E-state index contributed by atoms with van der Waals surface area (Å²) in [5.74, 6) is 0.463. The first-order chi connectivity index (χ1) is 12.0. The number of amides is 1. The monoisotopic (exact) mass is 397 g/mol. The molecule has 0 atom stereocenters. The lowest BCUT2D eigenvalue weighted by atomic mass is 10.3. The van der Waals surface area contributed by atoms with Gasteiger partial charge in [-0.05, 0) is 61.9 Å². The molecule has 0 saturated heterocycles. The van der Waals surface area contributed by atoms with Gasteiger partial charge in [0.1, 0.15) is 4.88 Å². The lowest BCUT2D eigenvalue weighted by molar-refractivity contribution is -0.116. The van der Waals surface area contributed by atoms with Gasteiger partial charge in [0.25, 0.3) is 0 Å². The van der Waals surface area contributed by atoms with Gasteiger partial charge < -0.3 is 10.1 Å². The first kappa shape index (κ1) is 19.8. The van der Waals surface area contributed by atoms with Crippen molar-refractivity contribution in [3.63, 3.8) is 0 Å². The van der Waals surface area contributed by atoms with Gasteiger partial charge in [0.15, 0.2) is 0 Å². The Labute approximate surface area is 160 Å². The maximum atomic E-state index is 12.0. The second-order valence-corrected chi connectivity index (χ2v) is 7.95. The predicted molar refractivity (Wildman–Crippen MR) is 105 cm³/mol. The Bertz CT molecular complexity index is 728. The molecular weight excluding hydrogens is 378 g/mol. The Hall–Kier alpha value is -1.50. The number of nitrogens with one attached hydrogen (secondary N) is 1. The first-order valence-electron chi connectivity index (χ1n) is 7.95. The van der Waals surface area contributed by atoms with E-state index in [0.29, 0.717) is 22.9 Å². The van der Waals surface area contributed by atoms with Crippen LogP contribution in [0.15, 0.2) is 35.2 Å². The minimum absolute atomic E-state index is 0.0478. The molecule has 25 heavy (non-hydrogen) atoms. The van der Waals surface area contributed by atoms with Gasteiger partial charge in [-0.3, -0.25) is 4.79 Å². The molecule has 0 aliphatic heterocycles. The van der Waals surface area contributed by atoms with Gasteiger partial charge in [-0.25, -0.2) is 4.79 Å². The fourth-order valence-corrected chi connectivity index (χ4v) is 4.06. The van der Waals surface area contributed by atoms with Crippen molar-refractivity contribution in [2.24, 2.45) is 0 Å². The van der Waals surface area contributed by atoms with Crippen LogP contribution in [-0.4, -0.2) is 24.2 Å². The number of carbonyl (C=O) groups is 2. The summed E-state index contributed by atoms with van der Waals surface area (Å²) in [7, 11) is 0. The molecular formula is C18H20ClNO3S2. The highest BCUT2D eigenvalue weighted by atomic mass is 35.5. The van der Waals surface area contributed by atoms with Gasteiger partial charge in [0.05, 0.1) is 11.6 Å². The van der Waals surface area contributed by atoms with Crippen LogP contribution in [0.4, 0.5) is 5.00 Å². The van der Waals surface area contributed by atoms with E-state index in [1.165, 1.54) is 11.3 Å². The Kier molecular flexibility index (Phi) is 7.81. The van der Waals surface area contributed by atoms with E-state index in [2.05, 4.69) is 5.32 Å². The molecule has 4 nitrogen and oxygen atoms in total. The van der Waals surface area contributed by atoms with E-state index in [4.69, 9.17) is 16.3 Å². The molecule has 0 saturated carbocycles. The maximum Gasteiger partial charge on any atom is 0.348 e. The molecule has 0 unspecified atom stereocenters. The van der Waals surface area contributed by atoms with E-state index in [-0.39, 0.29) is 11.9 Å². The van der Waals surface area contributed by atoms with Crippen LogP contribution >= 0.6 is 34.7 Å². The van der Waals surface area contributed by atoms with Crippen LogP contribution in [-0.2, 0) is 9.53 Å². The number of anilines is 1. The number of esters is 1. The van der Waals surface area contributed by atoms with Crippen LogP contribution in [0.25, 0.3) is 0 Å². The van der Waals surface area contributed by atoms with E-state index in [1.54, 1.807) is 24.8 Å². The second kappa shape index (κ2) is 9.85. The summed E-state index contributed by atoms with van der Waals surface area (Å²) < 4.78 is 5.00. The normalized spacial score (nSPS) is 10.5. The zero-order valence-corrected chi connectivity index (χ0v) is 16.5. The second-order valence-electron chi connectivity index (χ2n) is 5.30. The maximum absolute atomic E-state index is 12.0. The molecule has 7 heteroatoms. The predicted octanol–water partition coefficient (Wildman–Crippen LogP) is 5.40. The first-order valence-corrected chi connectivity index (χ1v) is 10.1. The number of aryl methyl sites for hydroxylation is 1. The molecule has 2 aromatic rings. The fourth-order valence-electron chi connectivity index (χ4n) is 2.10. The summed E-state index contributed by atoms with van der Waals surface area (Å²) in [6.45, 7) is 3.94. The molecule has 0 spiro atoms. The van der Waals surface area contributed by atoms with Gasteiger partial charge in [0, 0.05) is 16.3 Å². The third kappa shape index (κ3) is 6.38. The zero-order valence-electron chi connectivity index (χ0n) is 14.1. The Balaban J connectivity index is 1.75. The molecule has 1 N–H and O–H groups in total. The molecule has 0 aliphatic carbocycles. The lowest BCUT2D eigenvalue weighted by Crippen LogP contribution is -2.10. The highest BCUT2D eigenvalue weighted by Crippen LogP contribution is 2.27. The Morgan fingerprint density at radius 3 is 2.68 bits per heavy atom. The largest absolute Gasteiger partial charge is 0.462 e. The summed E-state index contributed by atoms with van der Waals surface area (Å²) in [5, 5.41) is 4.25. The molecule has 0 aliphatic rings. The molecule has 1 aromatic heterocycles. The summed E-state index contributed by atoms with van der Waals surface area (Å²) in [6, 6.07) is 9.46. The molecule has 0 radical (unpaired) electrons. The van der Waals surface area contributed by atoms with E-state index >= 15 is 0 Å². The smallest absolute Gasteiger partial charge is 0.348 e. The topological polar surface area (TPSA) is 55.4 Å². The zero-order chi connectivity index (χ0) is 18.2. The van der Waals surface area contributed by atoms with Gasteiger partial charge in [0.2, 0.25) is 5.91 Å². The van der Waals surface area contributed by atoms with Gasteiger partial charge in [-0.15, -0.1) is 23.1 Å². The fraction of sp³-hybridized carbons (Fsp3) is 0.333. The van der Waals surface area contributed by atoms with Gasteiger partial charge in [-0.1, -0.05) is 11.6 Å². The van der Waals surface area contributed by atoms with Crippen LogP contribution in [0.3, 0.4) is 0 Å². The minimum Gasteiger partial charge on any atom is -0.462 e. The molecule has 0 bridgehead atoms. The van der Waals surface area contributed by atoms with E-state index in [9.17, 15) is 9.59 Å². The number of benzene rings is 1. The van der Waals surface area contributed by atoms with Crippen molar-refractivity contribution in [3.8, 4) is 0 Å². The van der Waals surface area contributed by atoms with Gasteiger partial charge in [-0.2, -0.15) is 0 Å². The van der Waals surface area contributed by atoms with Crippen molar-refractivity contribution < 1.29 is 14.3 Å². The highest BCUT2D eigenvalue weighted by molar-refractivity contribution is 7.99. The van der Waals surface area contributed by atoms with Crippen LogP contribution in [0, 0.1) is 6.92 Å². The van der Waals surface area contributed by atoms with E-state index < -0.39 is 0 Å². The van der Waals surface area contributed by atoms with Crippen LogP contribution < -0.4 is 5.32 Å². The van der Waals surface area contributed by atoms with E-state index in [0.717, 1.165) is 27.7 Å². The summed E-state index contributed by atoms with van der Waals surface area (Å²) in [4.78, 5) is 25.5. The summed E-state index contributed by atoms with van der Waals surface area (Å²) in [6.07, 6.45) is 1.21. The quantitative estimate of drug-likeness (QED) is 0.368. The molecule has 134 valence electrons.